The van der Waals surface area contributed by atoms with Gasteiger partial charge in [-0.05, 0) is 107 Å². The standard InChI is InChI=1S/C28H44N4O5/c1-37-24-8-6-22(7-9-24)25(18-27(34)35)32-26(33)19-31-28(36)23(4-2-20-10-14-29-15-11-20)5-3-21-12-16-30-17-13-21/h6-9,20-21,23,25,29-30H,2-5,10-19H2,1H3,(H,31,36)(H,32,33)(H,34,35). The van der Waals surface area contributed by atoms with Crippen LogP contribution in [0.25, 0.3) is 0 Å². The molecule has 2 aliphatic rings. The Bertz CT molecular complexity index is 829. The summed E-state index contributed by atoms with van der Waals surface area (Å²) in [7, 11) is 1.56. The lowest BCUT2D eigenvalue weighted by Gasteiger charge is -2.27. The molecular weight excluding hydrogens is 472 g/mol. The van der Waals surface area contributed by atoms with Gasteiger partial charge in [0.1, 0.15) is 5.75 Å². The molecule has 206 valence electrons. The number of rotatable bonds is 14. The Hall–Kier alpha value is -2.65. The number of benzene rings is 1. The van der Waals surface area contributed by atoms with E-state index in [1.54, 1.807) is 31.4 Å². The fraction of sp³-hybridized carbons (Fsp3) is 0.679. The maximum Gasteiger partial charge on any atom is 0.305 e. The van der Waals surface area contributed by atoms with Gasteiger partial charge in [-0.3, -0.25) is 14.4 Å². The predicted molar refractivity (Wildman–Crippen MR) is 142 cm³/mol. The molecule has 2 heterocycles. The summed E-state index contributed by atoms with van der Waals surface area (Å²) in [6.07, 6.45) is 8.13. The number of hydrogen-bond acceptors (Lipinski definition) is 6. The Morgan fingerprint density at radius 1 is 0.946 bits per heavy atom. The van der Waals surface area contributed by atoms with Gasteiger partial charge in [-0.25, -0.2) is 0 Å². The van der Waals surface area contributed by atoms with Gasteiger partial charge >= 0.3 is 5.97 Å². The van der Waals surface area contributed by atoms with Crippen LogP contribution in [0.2, 0.25) is 0 Å². The number of carboxylic acids is 1. The average molecular weight is 517 g/mol. The first-order valence-corrected chi connectivity index (χ1v) is 13.8. The zero-order chi connectivity index (χ0) is 26.5. The number of amides is 2. The Kier molecular flexibility index (Phi) is 12.2. The summed E-state index contributed by atoms with van der Waals surface area (Å²) in [6, 6.07) is 6.25. The van der Waals surface area contributed by atoms with Gasteiger partial charge in [0.2, 0.25) is 11.8 Å². The van der Waals surface area contributed by atoms with Crippen molar-refractivity contribution in [3.8, 4) is 5.75 Å². The van der Waals surface area contributed by atoms with E-state index >= 15 is 0 Å². The summed E-state index contributed by atoms with van der Waals surface area (Å²) >= 11 is 0. The number of carboxylic acid groups (broad SMARTS) is 1. The summed E-state index contributed by atoms with van der Waals surface area (Å²) in [5.41, 5.74) is 0.671. The maximum atomic E-state index is 13.2. The van der Waals surface area contributed by atoms with E-state index in [4.69, 9.17) is 4.74 Å². The molecule has 3 rings (SSSR count). The van der Waals surface area contributed by atoms with Crippen LogP contribution in [0.15, 0.2) is 24.3 Å². The van der Waals surface area contributed by atoms with Crippen molar-refractivity contribution in [1.29, 1.82) is 0 Å². The minimum absolute atomic E-state index is 0.0720. The molecule has 1 atom stereocenters. The third kappa shape index (κ3) is 10.3. The molecule has 2 saturated heterocycles. The summed E-state index contributed by atoms with van der Waals surface area (Å²) in [5, 5.41) is 21.7. The van der Waals surface area contributed by atoms with Gasteiger partial charge in [0.15, 0.2) is 0 Å². The second kappa shape index (κ2) is 15.6. The molecule has 0 spiro atoms. The largest absolute Gasteiger partial charge is 0.497 e. The van der Waals surface area contributed by atoms with Gasteiger partial charge in [-0.15, -0.1) is 0 Å². The van der Waals surface area contributed by atoms with E-state index < -0.39 is 17.9 Å². The molecule has 0 aliphatic carbocycles. The molecule has 2 amide bonds. The number of carbonyl (C=O) groups is 3. The molecule has 0 saturated carbocycles. The van der Waals surface area contributed by atoms with Crippen molar-refractivity contribution in [3.63, 3.8) is 0 Å². The first-order chi connectivity index (χ1) is 17.9. The van der Waals surface area contributed by atoms with Gasteiger partial charge in [0.05, 0.1) is 26.1 Å². The highest BCUT2D eigenvalue weighted by atomic mass is 16.5. The van der Waals surface area contributed by atoms with Crippen molar-refractivity contribution in [2.45, 2.75) is 63.8 Å². The SMILES string of the molecule is COc1ccc(C(CC(=O)O)NC(=O)CNC(=O)C(CCC2CCNCC2)CCC2CCNCC2)cc1. The molecule has 1 aromatic rings. The second-order valence-electron chi connectivity index (χ2n) is 10.4. The molecule has 9 nitrogen and oxygen atoms in total. The van der Waals surface area contributed by atoms with Gasteiger partial charge in [0.25, 0.3) is 0 Å². The lowest BCUT2D eigenvalue weighted by atomic mass is 9.84. The quantitative estimate of drug-likeness (QED) is 0.257. The van der Waals surface area contributed by atoms with Crippen LogP contribution in [0.4, 0.5) is 0 Å². The van der Waals surface area contributed by atoms with E-state index in [1.807, 2.05) is 0 Å². The monoisotopic (exact) mass is 516 g/mol. The Labute approximate surface area is 220 Å². The van der Waals surface area contributed by atoms with E-state index in [-0.39, 0.29) is 24.8 Å². The minimum Gasteiger partial charge on any atom is -0.497 e. The average Bonchev–Trinajstić information content (AvgIpc) is 2.92. The molecule has 0 aromatic heterocycles. The van der Waals surface area contributed by atoms with Gasteiger partial charge in [0, 0.05) is 5.92 Å². The summed E-state index contributed by atoms with van der Waals surface area (Å²) in [6.45, 7) is 4.01. The van der Waals surface area contributed by atoms with Crippen LogP contribution in [0.1, 0.15) is 69.4 Å². The number of piperidine rings is 2. The topological polar surface area (TPSA) is 129 Å². The Morgan fingerprint density at radius 3 is 1.97 bits per heavy atom. The molecule has 0 bridgehead atoms. The lowest BCUT2D eigenvalue weighted by molar-refractivity contribution is -0.138. The van der Waals surface area contributed by atoms with Crippen LogP contribution in [0.3, 0.4) is 0 Å². The molecule has 2 aliphatic heterocycles. The number of carbonyl (C=O) groups excluding carboxylic acids is 2. The molecule has 37 heavy (non-hydrogen) atoms. The van der Waals surface area contributed by atoms with Crippen LogP contribution in [-0.2, 0) is 14.4 Å². The van der Waals surface area contributed by atoms with Gasteiger partial charge in [-0.1, -0.05) is 12.1 Å². The smallest absolute Gasteiger partial charge is 0.305 e. The third-order valence-corrected chi connectivity index (χ3v) is 7.79. The molecule has 5 N–H and O–H groups in total. The van der Waals surface area contributed by atoms with E-state index in [9.17, 15) is 19.5 Å². The zero-order valence-corrected chi connectivity index (χ0v) is 22.1. The van der Waals surface area contributed by atoms with Crippen LogP contribution >= 0.6 is 0 Å². The van der Waals surface area contributed by atoms with Crippen molar-refractivity contribution in [3.05, 3.63) is 29.8 Å². The first-order valence-electron chi connectivity index (χ1n) is 13.8. The van der Waals surface area contributed by atoms with E-state index in [0.717, 1.165) is 77.5 Å². The molecule has 1 aromatic carbocycles. The van der Waals surface area contributed by atoms with Crippen LogP contribution in [-0.4, -0.2) is 62.7 Å². The van der Waals surface area contributed by atoms with Crippen molar-refractivity contribution in [2.75, 3.05) is 39.8 Å². The van der Waals surface area contributed by atoms with Crippen LogP contribution in [0.5, 0.6) is 5.75 Å². The molecule has 1 unspecified atom stereocenters. The molecule has 9 heteroatoms. The summed E-state index contributed by atoms with van der Waals surface area (Å²) < 4.78 is 5.16. The number of methoxy groups -OCH3 is 1. The number of nitrogens with one attached hydrogen (secondary N) is 4. The molecule has 2 fully saturated rings. The van der Waals surface area contributed by atoms with Crippen molar-refractivity contribution >= 4 is 17.8 Å². The zero-order valence-electron chi connectivity index (χ0n) is 22.1. The predicted octanol–water partition coefficient (Wildman–Crippen LogP) is 2.62. The minimum atomic E-state index is -1.01. The Morgan fingerprint density at radius 2 is 1.49 bits per heavy atom. The van der Waals surface area contributed by atoms with Crippen molar-refractivity contribution in [2.24, 2.45) is 17.8 Å². The highest BCUT2D eigenvalue weighted by Gasteiger charge is 2.25. The Balaban J connectivity index is 1.53. The van der Waals surface area contributed by atoms with E-state index in [2.05, 4.69) is 21.3 Å². The highest BCUT2D eigenvalue weighted by molar-refractivity contribution is 5.86. The molecule has 0 radical (unpaired) electrons. The maximum absolute atomic E-state index is 13.2. The fourth-order valence-corrected chi connectivity index (χ4v) is 5.44. The number of aliphatic carboxylic acids is 1. The fourth-order valence-electron chi connectivity index (χ4n) is 5.44. The summed E-state index contributed by atoms with van der Waals surface area (Å²) in [4.78, 5) is 37.3. The van der Waals surface area contributed by atoms with Crippen molar-refractivity contribution in [1.82, 2.24) is 21.3 Å². The summed E-state index contributed by atoms with van der Waals surface area (Å²) in [5.74, 6) is 0.370. The second-order valence-corrected chi connectivity index (χ2v) is 10.4. The number of ether oxygens (including phenoxy) is 1. The third-order valence-electron chi connectivity index (χ3n) is 7.79. The van der Waals surface area contributed by atoms with E-state index in [1.165, 1.54) is 0 Å². The number of hydrogen-bond donors (Lipinski definition) is 5. The van der Waals surface area contributed by atoms with E-state index in [0.29, 0.717) is 23.1 Å². The first kappa shape index (κ1) is 28.9. The normalized spacial score (nSPS) is 17.8. The van der Waals surface area contributed by atoms with Crippen LogP contribution in [0, 0.1) is 17.8 Å². The van der Waals surface area contributed by atoms with Gasteiger partial charge in [-0.2, -0.15) is 0 Å². The highest BCUT2D eigenvalue weighted by Crippen LogP contribution is 2.27. The van der Waals surface area contributed by atoms with Crippen molar-refractivity contribution < 1.29 is 24.2 Å². The lowest BCUT2D eigenvalue weighted by Crippen LogP contribution is -2.41. The van der Waals surface area contributed by atoms with Gasteiger partial charge < -0.3 is 31.1 Å². The van der Waals surface area contributed by atoms with Crippen LogP contribution < -0.4 is 26.0 Å². The molecular formula is C28H44N4O5.